The fourth-order valence-corrected chi connectivity index (χ4v) is 1.28. The highest BCUT2D eigenvalue weighted by molar-refractivity contribution is 9.11. The van der Waals surface area contributed by atoms with Crippen LogP contribution in [0.1, 0.15) is 26.2 Å². The molecule has 0 saturated carbocycles. The van der Waals surface area contributed by atoms with E-state index in [9.17, 15) is 0 Å². The lowest BCUT2D eigenvalue weighted by molar-refractivity contribution is -0.134. The second kappa shape index (κ2) is 6.20. The van der Waals surface area contributed by atoms with E-state index in [1.165, 1.54) is 0 Å². The van der Waals surface area contributed by atoms with Gasteiger partial charge in [-0.25, -0.2) is 0 Å². The molecule has 2 N–H and O–H groups in total. The van der Waals surface area contributed by atoms with Gasteiger partial charge < -0.3 is 10.2 Å². The first-order valence-electron chi connectivity index (χ1n) is 3.77. The third kappa shape index (κ3) is 6.37. The highest BCUT2D eigenvalue weighted by Crippen LogP contribution is 2.22. The van der Waals surface area contributed by atoms with Gasteiger partial charge in [0.15, 0.2) is 0 Å². The maximum absolute atomic E-state index is 9.06. The van der Waals surface area contributed by atoms with Crippen LogP contribution < -0.4 is 0 Å². The maximum atomic E-state index is 9.06. The molecule has 0 aromatic heterocycles. The molecule has 0 saturated heterocycles. The van der Waals surface area contributed by atoms with Gasteiger partial charge in [-0.2, -0.15) is 0 Å². The number of carboxylic acids is 1. The topological polar surface area (TPSA) is 57.5 Å². The molecule has 0 spiro atoms. The number of aliphatic hydroxyl groups is 1. The molecule has 0 radical (unpaired) electrons. The van der Waals surface area contributed by atoms with Crippen LogP contribution in [0.2, 0.25) is 0 Å². The number of rotatable bonds is 0. The molecule has 0 heterocycles. The summed E-state index contributed by atoms with van der Waals surface area (Å²) < 4.78 is 0.962. The van der Waals surface area contributed by atoms with Crippen LogP contribution in [-0.4, -0.2) is 22.3 Å². The summed E-state index contributed by atoms with van der Waals surface area (Å²) in [5, 5.41) is 16.5. The van der Waals surface area contributed by atoms with Crippen molar-refractivity contribution in [2.45, 2.75) is 32.3 Å². The first kappa shape index (κ1) is 11.6. The van der Waals surface area contributed by atoms with Gasteiger partial charge in [-0.3, -0.25) is 4.79 Å². The first-order valence-corrected chi connectivity index (χ1v) is 4.56. The number of allylic oxidation sites excluding steroid dienone is 1. The fraction of sp³-hybridized carbons (Fsp3) is 0.625. The molecule has 4 heteroatoms. The van der Waals surface area contributed by atoms with Crippen molar-refractivity contribution in [1.29, 1.82) is 0 Å². The summed E-state index contributed by atoms with van der Waals surface area (Å²) in [5.74, 6) is -0.833. The average molecular weight is 237 g/mol. The van der Waals surface area contributed by atoms with Crippen LogP contribution in [0, 0.1) is 0 Å². The first-order chi connectivity index (χ1) is 5.54. The number of carboxylic acid groups (broad SMARTS) is 1. The highest BCUT2D eigenvalue weighted by atomic mass is 79.9. The third-order valence-electron chi connectivity index (χ3n) is 1.34. The Kier molecular flexibility index (Phi) is 6.02. The van der Waals surface area contributed by atoms with Crippen LogP contribution in [0.15, 0.2) is 10.6 Å². The zero-order valence-corrected chi connectivity index (χ0v) is 8.54. The summed E-state index contributed by atoms with van der Waals surface area (Å²) in [6, 6.07) is 0. The van der Waals surface area contributed by atoms with E-state index in [-0.39, 0.29) is 6.10 Å². The van der Waals surface area contributed by atoms with Crippen LogP contribution in [0.5, 0.6) is 0 Å². The molecule has 1 atom stereocenters. The number of aliphatic carboxylic acids is 1. The zero-order chi connectivity index (χ0) is 9.56. The van der Waals surface area contributed by atoms with Crippen molar-refractivity contribution < 1.29 is 15.0 Å². The summed E-state index contributed by atoms with van der Waals surface area (Å²) in [5.41, 5.74) is 0. The highest BCUT2D eigenvalue weighted by Gasteiger charge is 2.10. The van der Waals surface area contributed by atoms with Crippen molar-refractivity contribution in [2.75, 3.05) is 0 Å². The minimum absolute atomic E-state index is 0.219. The predicted octanol–water partition coefficient (Wildman–Crippen LogP) is 1.90. The van der Waals surface area contributed by atoms with E-state index in [1.807, 2.05) is 6.08 Å². The molecule has 1 rings (SSSR count). The van der Waals surface area contributed by atoms with Gasteiger partial charge in [-0.1, -0.05) is 22.0 Å². The van der Waals surface area contributed by atoms with E-state index in [0.29, 0.717) is 0 Å². The molecule has 0 amide bonds. The molecule has 0 aromatic rings. The summed E-state index contributed by atoms with van der Waals surface area (Å²) >= 11 is 3.26. The number of carbonyl (C=O) groups is 1. The molecule has 1 aliphatic rings. The van der Waals surface area contributed by atoms with Crippen molar-refractivity contribution in [2.24, 2.45) is 0 Å². The van der Waals surface area contributed by atoms with Crippen LogP contribution in [0.3, 0.4) is 0 Å². The fourth-order valence-electron chi connectivity index (χ4n) is 0.825. The Balaban J connectivity index is 0.000000261. The van der Waals surface area contributed by atoms with E-state index in [0.717, 1.165) is 30.7 Å². The van der Waals surface area contributed by atoms with Gasteiger partial charge in [0.2, 0.25) is 0 Å². The predicted molar refractivity (Wildman–Crippen MR) is 50.2 cm³/mol. The molecule has 1 unspecified atom stereocenters. The van der Waals surface area contributed by atoms with E-state index >= 15 is 0 Å². The van der Waals surface area contributed by atoms with Crippen molar-refractivity contribution >= 4 is 21.9 Å². The minimum atomic E-state index is -0.833. The number of halogens is 1. The van der Waals surface area contributed by atoms with Crippen molar-refractivity contribution in [3.05, 3.63) is 10.6 Å². The largest absolute Gasteiger partial charge is 0.481 e. The minimum Gasteiger partial charge on any atom is -0.481 e. The Labute approximate surface area is 80.2 Å². The van der Waals surface area contributed by atoms with E-state index < -0.39 is 5.97 Å². The summed E-state index contributed by atoms with van der Waals surface area (Å²) in [6.07, 6.45) is 4.96. The molecule has 1 aliphatic carbocycles. The summed E-state index contributed by atoms with van der Waals surface area (Å²) in [4.78, 5) is 9.00. The van der Waals surface area contributed by atoms with Crippen LogP contribution in [0.4, 0.5) is 0 Å². The molecule has 0 fully saturated rings. The lowest BCUT2D eigenvalue weighted by atomic mass is 10.1. The second-order valence-electron chi connectivity index (χ2n) is 2.55. The average Bonchev–Trinajstić information content (AvgIpc) is 1.94. The number of hydrogen-bond acceptors (Lipinski definition) is 2. The quantitative estimate of drug-likeness (QED) is 0.676. The standard InChI is InChI=1S/C6H9BrO.C2H4O2/c7-5-3-1-2-4-6(5)8;1-2(3)4/h3,6,8H,1-2,4H2;1H3,(H,3,4). The lowest BCUT2D eigenvalue weighted by Gasteiger charge is -2.13. The van der Waals surface area contributed by atoms with Crippen LogP contribution in [0.25, 0.3) is 0 Å². The molecule has 0 aliphatic heterocycles. The Hall–Kier alpha value is -0.350. The number of hydrogen-bond donors (Lipinski definition) is 2. The molecule has 70 valence electrons. The van der Waals surface area contributed by atoms with Gasteiger partial charge in [0.05, 0.1) is 6.10 Å². The molecular formula is C8H13BrO3. The van der Waals surface area contributed by atoms with Crippen molar-refractivity contribution in [1.82, 2.24) is 0 Å². The molecule has 0 bridgehead atoms. The van der Waals surface area contributed by atoms with Crippen LogP contribution in [-0.2, 0) is 4.79 Å². The summed E-state index contributed by atoms with van der Waals surface area (Å²) in [6.45, 7) is 1.08. The molecular weight excluding hydrogens is 224 g/mol. The number of aliphatic hydroxyl groups excluding tert-OH is 1. The van der Waals surface area contributed by atoms with Gasteiger partial charge in [-0.15, -0.1) is 0 Å². The maximum Gasteiger partial charge on any atom is 0.300 e. The molecule has 3 nitrogen and oxygen atoms in total. The van der Waals surface area contributed by atoms with Gasteiger partial charge >= 0.3 is 0 Å². The molecule has 0 aromatic carbocycles. The SMILES string of the molecule is CC(=O)O.OC1CCCC=C1Br. The van der Waals surface area contributed by atoms with E-state index in [2.05, 4.69) is 15.9 Å². The Bertz CT molecular complexity index is 173. The lowest BCUT2D eigenvalue weighted by Crippen LogP contribution is -2.08. The second-order valence-corrected chi connectivity index (χ2v) is 3.47. The monoisotopic (exact) mass is 236 g/mol. The van der Waals surface area contributed by atoms with Gasteiger partial charge in [0, 0.05) is 11.4 Å². The van der Waals surface area contributed by atoms with Gasteiger partial charge in [0.25, 0.3) is 5.97 Å². The van der Waals surface area contributed by atoms with E-state index in [4.69, 9.17) is 15.0 Å². The Morgan fingerprint density at radius 1 is 1.75 bits per heavy atom. The van der Waals surface area contributed by atoms with Gasteiger partial charge in [0.1, 0.15) is 0 Å². The third-order valence-corrected chi connectivity index (χ3v) is 2.19. The Morgan fingerprint density at radius 2 is 2.25 bits per heavy atom. The van der Waals surface area contributed by atoms with Crippen LogP contribution >= 0.6 is 15.9 Å². The van der Waals surface area contributed by atoms with Crippen molar-refractivity contribution in [3.63, 3.8) is 0 Å². The normalized spacial score (nSPS) is 21.9. The smallest absolute Gasteiger partial charge is 0.300 e. The summed E-state index contributed by atoms with van der Waals surface area (Å²) in [7, 11) is 0. The zero-order valence-electron chi connectivity index (χ0n) is 6.96. The van der Waals surface area contributed by atoms with Gasteiger partial charge in [-0.05, 0) is 19.3 Å². The van der Waals surface area contributed by atoms with Crippen molar-refractivity contribution in [3.8, 4) is 0 Å². The molecule has 12 heavy (non-hydrogen) atoms. The Morgan fingerprint density at radius 3 is 2.50 bits per heavy atom. The van der Waals surface area contributed by atoms with E-state index in [1.54, 1.807) is 0 Å².